The van der Waals surface area contributed by atoms with Crippen molar-refractivity contribution in [1.29, 1.82) is 0 Å². The molecule has 28 heavy (non-hydrogen) atoms. The van der Waals surface area contributed by atoms with Crippen LogP contribution in [0.25, 0.3) is 0 Å². The third kappa shape index (κ3) is 5.47. The number of nitrogens with one attached hydrogen (secondary N) is 2. The zero-order chi connectivity index (χ0) is 19.9. The van der Waals surface area contributed by atoms with E-state index in [9.17, 15) is 9.59 Å². The largest absolute Gasteiger partial charge is 0.371 e. The standard InChI is InChI=1S/C22H34N4O2/c1-25(2)14-6-13-23-22(28)19-9-3-4-10-20(19)26-15-11-18(12-16-26)24-21(27)17-7-5-8-17/h3-4,9-10,17-18H,5-8,11-16H2,1-2H3,(H,23,28)(H,24,27). The highest BCUT2D eigenvalue weighted by Crippen LogP contribution is 2.28. The average molecular weight is 387 g/mol. The lowest BCUT2D eigenvalue weighted by atomic mass is 9.84. The monoisotopic (exact) mass is 386 g/mol. The second-order valence-electron chi connectivity index (χ2n) is 8.33. The molecular formula is C22H34N4O2. The second kappa shape index (κ2) is 9.92. The fourth-order valence-electron chi connectivity index (χ4n) is 3.89. The molecule has 1 aliphatic heterocycles. The van der Waals surface area contributed by atoms with E-state index in [1.807, 2.05) is 38.4 Å². The first-order valence-electron chi connectivity index (χ1n) is 10.6. The number of para-hydroxylation sites is 1. The minimum Gasteiger partial charge on any atom is -0.371 e. The van der Waals surface area contributed by atoms with Gasteiger partial charge in [-0.05, 0) is 64.9 Å². The van der Waals surface area contributed by atoms with Gasteiger partial charge in [-0.3, -0.25) is 9.59 Å². The molecule has 2 N–H and O–H groups in total. The molecule has 1 aromatic carbocycles. The summed E-state index contributed by atoms with van der Waals surface area (Å²) in [5.74, 6) is 0.479. The van der Waals surface area contributed by atoms with Crippen LogP contribution in [-0.4, -0.2) is 63.0 Å². The predicted octanol–water partition coefficient (Wildman–Crippen LogP) is 2.25. The number of hydrogen-bond acceptors (Lipinski definition) is 4. The fraction of sp³-hybridized carbons (Fsp3) is 0.636. The van der Waals surface area contributed by atoms with Crippen molar-refractivity contribution in [1.82, 2.24) is 15.5 Å². The lowest BCUT2D eigenvalue weighted by Gasteiger charge is -2.36. The molecule has 6 nitrogen and oxygen atoms in total. The van der Waals surface area contributed by atoms with Crippen LogP contribution >= 0.6 is 0 Å². The van der Waals surface area contributed by atoms with Crippen molar-refractivity contribution in [3.8, 4) is 0 Å². The van der Waals surface area contributed by atoms with Gasteiger partial charge in [0.25, 0.3) is 5.91 Å². The van der Waals surface area contributed by atoms with Crippen LogP contribution in [0.4, 0.5) is 5.69 Å². The SMILES string of the molecule is CN(C)CCCNC(=O)c1ccccc1N1CCC(NC(=O)C2CCC2)CC1. The molecule has 0 unspecified atom stereocenters. The maximum atomic E-state index is 12.7. The minimum absolute atomic E-state index is 0.00485. The second-order valence-corrected chi connectivity index (χ2v) is 8.33. The zero-order valence-corrected chi connectivity index (χ0v) is 17.2. The Balaban J connectivity index is 1.51. The Hall–Kier alpha value is -2.08. The van der Waals surface area contributed by atoms with E-state index in [0.717, 1.165) is 63.0 Å². The molecule has 0 bridgehead atoms. The van der Waals surface area contributed by atoms with Crippen LogP contribution in [0.3, 0.4) is 0 Å². The van der Waals surface area contributed by atoms with Crippen molar-refractivity contribution >= 4 is 17.5 Å². The number of carbonyl (C=O) groups excluding carboxylic acids is 2. The highest BCUT2D eigenvalue weighted by atomic mass is 16.2. The summed E-state index contributed by atoms with van der Waals surface area (Å²) in [6, 6.07) is 8.10. The quantitative estimate of drug-likeness (QED) is 0.673. The molecule has 6 heteroatoms. The van der Waals surface area contributed by atoms with E-state index in [4.69, 9.17) is 0 Å². The molecule has 0 atom stereocenters. The van der Waals surface area contributed by atoms with Crippen LogP contribution < -0.4 is 15.5 Å². The van der Waals surface area contributed by atoms with Crippen molar-refractivity contribution in [3.63, 3.8) is 0 Å². The normalized spacial score (nSPS) is 18.0. The van der Waals surface area contributed by atoms with E-state index in [-0.39, 0.29) is 23.8 Å². The van der Waals surface area contributed by atoms with Crippen molar-refractivity contribution in [2.45, 2.75) is 44.6 Å². The van der Waals surface area contributed by atoms with Gasteiger partial charge in [-0.2, -0.15) is 0 Å². The number of nitrogens with zero attached hydrogens (tertiary/aromatic N) is 2. The molecule has 2 aliphatic rings. The maximum Gasteiger partial charge on any atom is 0.253 e. The first-order chi connectivity index (χ1) is 13.5. The summed E-state index contributed by atoms with van der Waals surface area (Å²) in [5.41, 5.74) is 1.74. The highest BCUT2D eigenvalue weighted by molar-refractivity contribution is 5.99. The van der Waals surface area contributed by atoms with Crippen molar-refractivity contribution < 1.29 is 9.59 Å². The van der Waals surface area contributed by atoms with Crippen LogP contribution in [0, 0.1) is 5.92 Å². The molecular weight excluding hydrogens is 352 g/mol. The summed E-state index contributed by atoms with van der Waals surface area (Å²) in [6.07, 6.45) is 6.06. The molecule has 1 saturated carbocycles. The van der Waals surface area contributed by atoms with Crippen LogP contribution in [0.2, 0.25) is 0 Å². The number of hydrogen-bond donors (Lipinski definition) is 2. The molecule has 1 aromatic rings. The van der Waals surface area contributed by atoms with Gasteiger partial charge in [-0.15, -0.1) is 0 Å². The van der Waals surface area contributed by atoms with Gasteiger partial charge in [-0.1, -0.05) is 18.6 Å². The van der Waals surface area contributed by atoms with Gasteiger partial charge in [0, 0.05) is 37.3 Å². The topological polar surface area (TPSA) is 64.7 Å². The lowest BCUT2D eigenvalue weighted by Crippen LogP contribution is -2.47. The molecule has 0 aromatic heterocycles. The van der Waals surface area contributed by atoms with E-state index >= 15 is 0 Å². The van der Waals surface area contributed by atoms with Gasteiger partial charge in [0.15, 0.2) is 0 Å². The number of rotatable bonds is 8. The summed E-state index contributed by atoms with van der Waals surface area (Å²) < 4.78 is 0. The molecule has 3 rings (SSSR count). The van der Waals surface area contributed by atoms with Crippen molar-refractivity contribution in [2.75, 3.05) is 45.2 Å². The predicted molar refractivity (Wildman–Crippen MR) is 113 cm³/mol. The van der Waals surface area contributed by atoms with Gasteiger partial charge in [0.2, 0.25) is 5.91 Å². The fourth-order valence-corrected chi connectivity index (χ4v) is 3.89. The molecule has 154 valence electrons. The molecule has 0 radical (unpaired) electrons. The van der Waals surface area contributed by atoms with E-state index in [0.29, 0.717) is 6.54 Å². The molecule has 1 aliphatic carbocycles. The summed E-state index contributed by atoms with van der Waals surface area (Å²) >= 11 is 0. The Morgan fingerprint density at radius 3 is 2.46 bits per heavy atom. The molecule has 2 fully saturated rings. The van der Waals surface area contributed by atoms with Crippen molar-refractivity contribution in [3.05, 3.63) is 29.8 Å². The Bertz CT molecular complexity index is 664. The average Bonchev–Trinajstić information content (AvgIpc) is 2.64. The van der Waals surface area contributed by atoms with Gasteiger partial charge >= 0.3 is 0 Å². The number of anilines is 1. The van der Waals surface area contributed by atoms with Crippen LogP contribution in [0.1, 0.15) is 48.9 Å². The highest BCUT2D eigenvalue weighted by Gasteiger charge is 2.29. The third-order valence-corrected chi connectivity index (χ3v) is 5.87. The molecule has 1 saturated heterocycles. The number of piperidine rings is 1. The summed E-state index contributed by atoms with van der Waals surface area (Å²) in [4.78, 5) is 29.2. The van der Waals surface area contributed by atoms with Gasteiger partial charge in [0.05, 0.1) is 5.56 Å². The Morgan fingerprint density at radius 2 is 1.82 bits per heavy atom. The van der Waals surface area contributed by atoms with Crippen LogP contribution in [0.5, 0.6) is 0 Å². The summed E-state index contributed by atoms with van der Waals surface area (Å²) in [5, 5.41) is 6.27. The van der Waals surface area contributed by atoms with E-state index in [1.165, 1.54) is 6.42 Å². The van der Waals surface area contributed by atoms with Crippen LogP contribution in [0.15, 0.2) is 24.3 Å². The van der Waals surface area contributed by atoms with Crippen LogP contribution in [-0.2, 0) is 4.79 Å². The Kier molecular flexibility index (Phi) is 7.31. The minimum atomic E-state index is -0.00485. The number of benzene rings is 1. The first-order valence-corrected chi connectivity index (χ1v) is 10.6. The molecule has 0 spiro atoms. The number of amides is 2. The first kappa shape index (κ1) is 20.6. The Labute approximate surface area is 168 Å². The van der Waals surface area contributed by atoms with E-state index in [2.05, 4.69) is 20.4 Å². The summed E-state index contributed by atoms with van der Waals surface area (Å²) in [6.45, 7) is 3.36. The molecule has 1 heterocycles. The maximum absolute atomic E-state index is 12.7. The van der Waals surface area contributed by atoms with Gasteiger partial charge < -0.3 is 20.4 Å². The van der Waals surface area contributed by atoms with Crippen molar-refractivity contribution in [2.24, 2.45) is 5.92 Å². The van der Waals surface area contributed by atoms with E-state index in [1.54, 1.807) is 0 Å². The number of carbonyl (C=O) groups is 2. The Morgan fingerprint density at radius 1 is 1.11 bits per heavy atom. The van der Waals surface area contributed by atoms with E-state index < -0.39 is 0 Å². The lowest BCUT2D eigenvalue weighted by molar-refractivity contribution is -0.128. The zero-order valence-electron chi connectivity index (χ0n) is 17.2. The smallest absolute Gasteiger partial charge is 0.253 e. The molecule has 2 amide bonds. The third-order valence-electron chi connectivity index (χ3n) is 5.87. The summed E-state index contributed by atoms with van der Waals surface area (Å²) in [7, 11) is 4.07. The van der Waals surface area contributed by atoms with Gasteiger partial charge in [0.1, 0.15) is 0 Å². The van der Waals surface area contributed by atoms with Gasteiger partial charge in [-0.25, -0.2) is 0 Å².